The molecule has 0 aliphatic rings. The summed E-state index contributed by atoms with van der Waals surface area (Å²) in [6.45, 7) is 3.65. The maximum absolute atomic E-state index is 12.7. The van der Waals surface area contributed by atoms with Gasteiger partial charge in [-0.1, -0.05) is 18.2 Å². The Morgan fingerprint density at radius 2 is 1.74 bits per heavy atom. The van der Waals surface area contributed by atoms with Crippen molar-refractivity contribution in [2.75, 3.05) is 17.1 Å². The summed E-state index contributed by atoms with van der Waals surface area (Å²) in [5.41, 5.74) is 2.52. The highest BCUT2D eigenvalue weighted by Gasteiger charge is 2.21. The predicted molar refractivity (Wildman–Crippen MR) is 89.4 cm³/mol. The smallest absolute Gasteiger partial charge is 0.265 e. The van der Waals surface area contributed by atoms with Crippen molar-refractivity contribution < 1.29 is 17.9 Å². The van der Waals surface area contributed by atoms with Crippen LogP contribution in [0.25, 0.3) is 0 Å². The lowest BCUT2D eigenvalue weighted by Crippen LogP contribution is -2.16. The fourth-order valence-corrected chi connectivity index (χ4v) is 3.61. The molecular formula is C16H18N2O4S. The van der Waals surface area contributed by atoms with E-state index >= 15 is 0 Å². The van der Waals surface area contributed by atoms with Crippen LogP contribution in [-0.4, -0.2) is 21.9 Å². The Morgan fingerprint density at radius 3 is 2.30 bits per heavy atom. The Kier molecular flexibility index (Phi) is 4.90. The Bertz CT molecular complexity index is 812. The quantitative estimate of drug-likeness (QED) is 0.796. The number of ether oxygens (including phenoxy) is 1. The van der Waals surface area contributed by atoms with Gasteiger partial charge in [0.1, 0.15) is 10.6 Å². The second-order valence-electron chi connectivity index (χ2n) is 5.00. The third kappa shape index (κ3) is 3.62. The molecule has 0 saturated carbocycles. The molecule has 0 aromatic heterocycles. The van der Waals surface area contributed by atoms with Crippen LogP contribution in [-0.2, 0) is 14.8 Å². The van der Waals surface area contributed by atoms with E-state index in [2.05, 4.69) is 10.0 Å². The van der Waals surface area contributed by atoms with Crippen LogP contribution in [0.15, 0.2) is 41.3 Å². The molecule has 2 aromatic carbocycles. The molecule has 0 aliphatic carbocycles. The Morgan fingerprint density at radius 1 is 1.09 bits per heavy atom. The van der Waals surface area contributed by atoms with Crippen molar-refractivity contribution in [1.29, 1.82) is 0 Å². The fourth-order valence-electron chi connectivity index (χ4n) is 2.21. The second-order valence-corrected chi connectivity index (χ2v) is 6.65. The minimum Gasteiger partial charge on any atom is -0.495 e. The summed E-state index contributed by atoms with van der Waals surface area (Å²) in [6.07, 6.45) is 0.483. The number of methoxy groups -OCH3 is 1. The number of benzene rings is 2. The first kappa shape index (κ1) is 16.8. The van der Waals surface area contributed by atoms with E-state index in [1.165, 1.54) is 19.2 Å². The summed E-state index contributed by atoms with van der Waals surface area (Å²) in [5, 5.41) is 2.43. The fraction of sp³-hybridized carbons (Fsp3) is 0.188. The standard InChI is InChI=1S/C16H18N2O4S/c1-11-5-4-6-12(2)16(11)18-23(20,21)15-9-13(17-10-19)7-8-14(15)22-3/h4-10,18H,1-3H3,(H,17,19). The summed E-state index contributed by atoms with van der Waals surface area (Å²) in [4.78, 5) is 10.5. The van der Waals surface area contributed by atoms with Crippen molar-refractivity contribution in [2.45, 2.75) is 18.7 Å². The number of rotatable bonds is 6. The highest BCUT2D eigenvalue weighted by atomic mass is 32.2. The number of anilines is 2. The van der Waals surface area contributed by atoms with E-state index in [0.29, 0.717) is 17.8 Å². The Hall–Kier alpha value is -2.54. The lowest BCUT2D eigenvalue weighted by atomic mass is 10.1. The first-order valence-electron chi connectivity index (χ1n) is 6.86. The van der Waals surface area contributed by atoms with Crippen LogP contribution >= 0.6 is 0 Å². The van der Waals surface area contributed by atoms with Gasteiger partial charge in [0.25, 0.3) is 10.0 Å². The minimum atomic E-state index is -3.87. The number of para-hydroxylation sites is 1. The molecule has 6 nitrogen and oxygen atoms in total. The van der Waals surface area contributed by atoms with E-state index in [9.17, 15) is 13.2 Å². The second kappa shape index (κ2) is 6.70. The van der Waals surface area contributed by atoms with Crippen molar-refractivity contribution in [1.82, 2.24) is 0 Å². The van der Waals surface area contributed by atoms with Gasteiger partial charge in [0.05, 0.1) is 12.8 Å². The number of sulfonamides is 1. The van der Waals surface area contributed by atoms with Crippen LogP contribution in [0.3, 0.4) is 0 Å². The van der Waals surface area contributed by atoms with Crippen molar-refractivity contribution in [3.8, 4) is 5.75 Å². The number of carbonyl (C=O) groups is 1. The zero-order chi connectivity index (χ0) is 17.0. The third-order valence-electron chi connectivity index (χ3n) is 3.40. The monoisotopic (exact) mass is 334 g/mol. The largest absolute Gasteiger partial charge is 0.495 e. The first-order valence-corrected chi connectivity index (χ1v) is 8.34. The van der Waals surface area contributed by atoms with Gasteiger partial charge < -0.3 is 10.1 Å². The molecule has 23 heavy (non-hydrogen) atoms. The Labute approximate surface area is 135 Å². The van der Waals surface area contributed by atoms with Crippen LogP contribution in [0.1, 0.15) is 11.1 Å². The van der Waals surface area contributed by atoms with Crippen LogP contribution in [0.2, 0.25) is 0 Å². The highest BCUT2D eigenvalue weighted by Crippen LogP contribution is 2.30. The van der Waals surface area contributed by atoms with Crippen molar-refractivity contribution >= 4 is 27.8 Å². The van der Waals surface area contributed by atoms with E-state index in [-0.39, 0.29) is 10.6 Å². The number of hydrogen-bond acceptors (Lipinski definition) is 4. The molecule has 0 saturated heterocycles. The first-order chi connectivity index (χ1) is 10.9. The molecule has 2 rings (SSSR count). The number of aryl methyl sites for hydroxylation is 2. The lowest BCUT2D eigenvalue weighted by molar-refractivity contribution is -0.105. The molecule has 2 N–H and O–H groups in total. The number of carbonyl (C=O) groups excluding carboxylic acids is 1. The molecule has 2 aromatic rings. The summed E-state index contributed by atoms with van der Waals surface area (Å²) < 4.78 is 33.2. The molecular weight excluding hydrogens is 316 g/mol. The average molecular weight is 334 g/mol. The van der Waals surface area contributed by atoms with E-state index in [0.717, 1.165) is 11.1 Å². The van der Waals surface area contributed by atoms with E-state index in [4.69, 9.17) is 4.74 Å². The van der Waals surface area contributed by atoms with Gasteiger partial charge in [-0.05, 0) is 43.2 Å². The molecule has 7 heteroatoms. The van der Waals surface area contributed by atoms with E-state index in [1.807, 2.05) is 32.0 Å². The summed E-state index contributed by atoms with van der Waals surface area (Å²) in [7, 11) is -2.48. The van der Waals surface area contributed by atoms with Crippen molar-refractivity contribution in [3.05, 3.63) is 47.5 Å². The van der Waals surface area contributed by atoms with Gasteiger partial charge in [-0.25, -0.2) is 8.42 Å². The average Bonchev–Trinajstić information content (AvgIpc) is 2.51. The SMILES string of the molecule is COc1ccc(NC=O)cc1S(=O)(=O)Nc1c(C)cccc1C. The zero-order valence-electron chi connectivity index (χ0n) is 13.1. The third-order valence-corrected chi connectivity index (χ3v) is 4.77. The molecule has 0 atom stereocenters. The molecule has 0 aliphatic heterocycles. The normalized spacial score (nSPS) is 10.9. The minimum absolute atomic E-state index is 0.0468. The summed E-state index contributed by atoms with van der Waals surface area (Å²) in [5.74, 6) is 0.195. The van der Waals surface area contributed by atoms with E-state index in [1.54, 1.807) is 6.07 Å². The van der Waals surface area contributed by atoms with Crippen LogP contribution in [0.4, 0.5) is 11.4 Å². The van der Waals surface area contributed by atoms with Gasteiger partial charge in [-0.2, -0.15) is 0 Å². The van der Waals surface area contributed by atoms with Crippen LogP contribution < -0.4 is 14.8 Å². The molecule has 122 valence electrons. The van der Waals surface area contributed by atoms with Crippen molar-refractivity contribution in [3.63, 3.8) is 0 Å². The molecule has 0 fully saturated rings. The predicted octanol–water partition coefficient (Wildman–Crippen LogP) is 2.68. The summed E-state index contributed by atoms with van der Waals surface area (Å²) >= 11 is 0. The van der Waals surface area contributed by atoms with Gasteiger partial charge in [-0.3, -0.25) is 9.52 Å². The molecule has 0 radical (unpaired) electrons. The van der Waals surface area contributed by atoms with E-state index < -0.39 is 10.0 Å². The van der Waals surface area contributed by atoms with Crippen molar-refractivity contribution in [2.24, 2.45) is 0 Å². The maximum atomic E-state index is 12.7. The van der Waals surface area contributed by atoms with Gasteiger partial charge >= 0.3 is 0 Å². The zero-order valence-corrected chi connectivity index (χ0v) is 13.9. The maximum Gasteiger partial charge on any atom is 0.265 e. The highest BCUT2D eigenvalue weighted by molar-refractivity contribution is 7.92. The number of nitrogens with one attached hydrogen (secondary N) is 2. The molecule has 0 unspecified atom stereocenters. The van der Waals surface area contributed by atoms with Gasteiger partial charge in [0.2, 0.25) is 6.41 Å². The Balaban J connectivity index is 2.50. The van der Waals surface area contributed by atoms with Crippen LogP contribution in [0.5, 0.6) is 5.75 Å². The number of amides is 1. The summed E-state index contributed by atoms with van der Waals surface area (Å²) in [6, 6.07) is 9.91. The van der Waals surface area contributed by atoms with Gasteiger partial charge in [0, 0.05) is 5.69 Å². The van der Waals surface area contributed by atoms with Gasteiger partial charge in [-0.15, -0.1) is 0 Å². The van der Waals surface area contributed by atoms with Crippen LogP contribution in [0, 0.1) is 13.8 Å². The molecule has 0 spiro atoms. The molecule has 1 amide bonds. The van der Waals surface area contributed by atoms with Gasteiger partial charge in [0.15, 0.2) is 0 Å². The number of hydrogen-bond donors (Lipinski definition) is 2. The topological polar surface area (TPSA) is 84.5 Å². The molecule has 0 heterocycles. The molecule has 0 bridgehead atoms. The lowest BCUT2D eigenvalue weighted by Gasteiger charge is -2.15.